The second-order valence-electron chi connectivity index (χ2n) is 8.74. The lowest BCUT2D eigenvalue weighted by molar-refractivity contribution is 0.00306. The predicted molar refractivity (Wildman–Crippen MR) is 127 cm³/mol. The van der Waals surface area contributed by atoms with Gasteiger partial charge >= 0.3 is 6.09 Å². The Kier molecular flexibility index (Phi) is 6.06. The highest BCUT2D eigenvalue weighted by molar-refractivity contribution is 5.96. The second-order valence-corrected chi connectivity index (χ2v) is 8.74. The number of nitrogens with zero attached hydrogens (tertiary/aromatic N) is 4. The van der Waals surface area contributed by atoms with E-state index in [0.29, 0.717) is 55.9 Å². The van der Waals surface area contributed by atoms with Crippen LogP contribution < -0.4 is 4.74 Å². The fourth-order valence-corrected chi connectivity index (χ4v) is 4.57. The van der Waals surface area contributed by atoms with E-state index in [-0.39, 0.29) is 17.9 Å². The van der Waals surface area contributed by atoms with Crippen LogP contribution in [0.25, 0.3) is 0 Å². The molecule has 2 aromatic carbocycles. The third kappa shape index (κ3) is 4.66. The Bertz CT molecular complexity index is 1280. The molecule has 0 aliphatic carbocycles. The minimum atomic E-state index is -0.631. The van der Waals surface area contributed by atoms with Gasteiger partial charge in [0.1, 0.15) is 16.9 Å². The molecule has 2 amide bonds. The van der Waals surface area contributed by atoms with E-state index in [4.69, 9.17) is 9.47 Å². The zero-order chi connectivity index (χ0) is 24.3. The van der Waals surface area contributed by atoms with Crippen molar-refractivity contribution in [3.8, 4) is 17.7 Å². The average molecular weight is 469 g/mol. The van der Waals surface area contributed by atoms with Crippen LogP contribution in [0.5, 0.6) is 11.6 Å². The summed E-state index contributed by atoms with van der Waals surface area (Å²) in [6, 6.07) is 22.1. The highest BCUT2D eigenvalue weighted by atomic mass is 16.6. The van der Waals surface area contributed by atoms with E-state index >= 15 is 0 Å². The van der Waals surface area contributed by atoms with Gasteiger partial charge in [-0.2, -0.15) is 5.26 Å². The number of pyridine rings is 1. The molecule has 0 radical (unpaired) electrons. The molecule has 5 rings (SSSR count). The van der Waals surface area contributed by atoms with Crippen LogP contribution in [0.2, 0.25) is 0 Å². The van der Waals surface area contributed by atoms with Crippen molar-refractivity contribution in [2.45, 2.75) is 25.0 Å². The number of carbonyl (C=O) groups excluding carboxylic acids is 2. The van der Waals surface area contributed by atoms with E-state index in [0.717, 1.165) is 5.56 Å². The first kappa shape index (κ1) is 22.4. The normalized spacial score (nSPS) is 16.6. The number of aromatic nitrogens is 1. The van der Waals surface area contributed by atoms with Gasteiger partial charge in [-0.3, -0.25) is 9.69 Å². The maximum absolute atomic E-state index is 13.3. The van der Waals surface area contributed by atoms with E-state index in [1.807, 2.05) is 42.5 Å². The minimum Gasteiger partial charge on any atom is -0.441 e. The number of rotatable bonds is 5. The first-order valence-electron chi connectivity index (χ1n) is 11.5. The highest BCUT2D eigenvalue weighted by Crippen LogP contribution is 2.35. The molecule has 35 heavy (non-hydrogen) atoms. The van der Waals surface area contributed by atoms with Gasteiger partial charge in [-0.05, 0) is 35.9 Å². The number of piperidine rings is 1. The van der Waals surface area contributed by atoms with Gasteiger partial charge in [-0.15, -0.1) is 0 Å². The molecular weight excluding hydrogens is 444 g/mol. The molecule has 2 saturated heterocycles. The van der Waals surface area contributed by atoms with Gasteiger partial charge in [-0.25, -0.2) is 9.78 Å². The molecule has 3 aromatic rings. The van der Waals surface area contributed by atoms with E-state index in [2.05, 4.69) is 11.1 Å². The van der Waals surface area contributed by atoms with Crippen molar-refractivity contribution in [2.75, 3.05) is 19.6 Å². The molecule has 2 fully saturated rings. The van der Waals surface area contributed by atoms with Crippen molar-refractivity contribution < 1.29 is 19.1 Å². The molecule has 2 aliphatic heterocycles. The largest absolute Gasteiger partial charge is 0.441 e. The second kappa shape index (κ2) is 9.47. The zero-order valence-corrected chi connectivity index (χ0v) is 19.1. The van der Waals surface area contributed by atoms with Crippen molar-refractivity contribution in [3.63, 3.8) is 0 Å². The quantitative estimate of drug-likeness (QED) is 0.552. The number of hydrogen-bond donors (Lipinski definition) is 0. The Morgan fingerprint density at radius 2 is 1.80 bits per heavy atom. The number of likely N-dealkylation sites (tertiary alicyclic amines) is 1. The van der Waals surface area contributed by atoms with Crippen LogP contribution in [0.15, 0.2) is 72.9 Å². The number of benzene rings is 2. The monoisotopic (exact) mass is 468 g/mol. The fraction of sp³-hybridized carbons (Fsp3) is 0.259. The molecule has 0 atom stereocenters. The summed E-state index contributed by atoms with van der Waals surface area (Å²) in [5.41, 5.74) is 1.10. The smallest absolute Gasteiger partial charge is 0.410 e. The SMILES string of the molecule is N#Cc1ccccc1CN1CC2(CCN(C(=O)c3cccnc3Oc3ccccc3)CC2)OC1=O. The van der Waals surface area contributed by atoms with Gasteiger partial charge in [0.15, 0.2) is 0 Å². The first-order valence-corrected chi connectivity index (χ1v) is 11.5. The molecular formula is C27H24N4O4. The highest BCUT2D eigenvalue weighted by Gasteiger charge is 2.47. The van der Waals surface area contributed by atoms with Gasteiger partial charge in [0.05, 0.1) is 24.7 Å². The van der Waals surface area contributed by atoms with Crippen LogP contribution in [-0.2, 0) is 11.3 Å². The molecule has 176 valence electrons. The minimum absolute atomic E-state index is 0.164. The zero-order valence-electron chi connectivity index (χ0n) is 19.1. The Morgan fingerprint density at radius 1 is 1.06 bits per heavy atom. The van der Waals surface area contributed by atoms with Crippen molar-refractivity contribution >= 4 is 12.0 Å². The lowest BCUT2D eigenvalue weighted by atomic mass is 9.91. The number of para-hydroxylation sites is 1. The summed E-state index contributed by atoms with van der Waals surface area (Å²) in [4.78, 5) is 33.6. The summed E-state index contributed by atoms with van der Waals surface area (Å²) in [5.74, 6) is 0.704. The Hall–Kier alpha value is -4.38. The molecule has 2 aliphatic rings. The molecule has 0 bridgehead atoms. The van der Waals surface area contributed by atoms with Crippen molar-refractivity contribution in [3.05, 3.63) is 89.6 Å². The molecule has 3 heterocycles. The standard InChI is InChI=1S/C27H24N4O4/c28-17-20-7-4-5-8-21(20)18-31-19-27(35-26(31)33)12-15-30(16-13-27)25(32)23-11-6-14-29-24(23)34-22-9-2-1-3-10-22/h1-11,14H,12-13,15-16,18-19H2. The molecule has 0 unspecified atom stereocenters. The number of hydrogen-bond acceptors (Lipinski definition) is 6. The summed E-state index contributed by atoms with van der Waals surface area (Å²) < 4.78 is 11.7. The molecule has 1 spiro atoms. The Labute approximate surface area is 203 Å². The van der Waals surface area contributed by atoms with Crippen molar-refractivity contribution in [2.24, 2.45) is 0 Å². The fourth-order valence-electron chi connectivity index (χ4n) is 4.57. The van der Waals surface area contributed by atoms with Crippen LogP contribution in [-0.4, -0.2) is 52.0 Å². The van der Waals surface area contributed by atoms with Crippen LogP contribution in [0.1, 0.15) is 34.3 Å². The van der Waals surface area contributed by atoms with Gasteiger partial charge in [0, 0.05) is 32.1 Å². The van der Waals surface area contributed by atoms with Gasteiger partial charge in [-0.1, -0.05) is 36.4 Å². The first-order chi connectivity index (χ1) is 17.1. The van der Waals surface area contributed by atoms with Gasteiger partial charge in [0.25, 0.3) is 5.91 Å². The molecule has 0 N–H and O–H groups in total. The maximum atomic E-state index is 13.3. The number of carbonyl (C=O) groups is 2. The summed E-state index contributed by atoms with van der Waals surface area (Å²) in [6.45, 7) is 1.66. The van der Waals surface area contributed by atoms with E-state index in [1.54, 1.807) is 40.3 Å². The predicted octanol–water partition coefficient (Wildman–Crippen LogP) is 4.37. The molecule has 1 aromatic heterocycles. The van der Waals surface area contributed by atoms with E-state index in [1.165, 1.54) is 0 Å². The lowest BCUT2D eigenvalue weighted by Gasteiger charge is -2.37. The number of nitriles is 1. The molecule has 8 heteroatoms. The molecule has 0 saturated carbocycles. The van der Waals surface area contributed by atoms with Crippen LogP contribution >= 0.6 is 0 Å². The van der Waals surface area contributed by atoms with Crippen molar-refractivity contribution in [1.82, 2.24) is 14.8 Å². The summed E-state index contributed by atoms with van der Waals surface area (Å²) in [6.07, 6.45) is 2.28. The Balaban J connectivity index is 1.24. The van der Waals surface area contributed by atoms with Gasteiger partial charge in [0.2, 0.25) is 5.88 Å². The van der Waals surface area contributed by atoms with Crippen LogP contribution in [0.3, 0.4) is 0 Å². The summed E-state index contributed by atoms with van der Waals surface area (Å²) in [7, 11) is 0. The maximum Gasteiger partial charge on any atom is 0.410 e. The number of ether oxygens (including phenoxy) is 2. The summed E-state index contributed by atoms with van der Waals surface area (Å²) >= 11 is 0. The van der Waals surface area contributed by atoms with Crippen LogP contribution in [0.4, 0.5) is 4.79 Å². The van der Waals surface area contributed by atoms with E-state index < -0.39 is 5.60 Å². The van der Waals surface area contributed by atoms with Crippen molar-refractivity contribution in [1.29, 1.82) is 5.26 Å². The van der Waals surface area contributed by atoms with E-state index in [9.17, 15) is 14.9 Å². The lowest BCUT2D eigenvalue weighted by Crippen LogP contribution is -2.48. The third-order valence-corrected chi connectivity index (χ3v) is 6.46. The Morgan fingerprint density at radius 3 is 2.57 bits per heavy atom. The van der Waals surface area contributed by atoms with Crippen LogP contribution in [0, 0.1) is 11.3 Å². The summed E-state index contributed by atoms with van der Waals surface area (Å²) in [5, 5.41) is 9.34. The third-order valence-electron chi connectivity index (χ3n) is 6.46. The number of amides is 2. The molecule has 8 nitrogen and oxygen atoms in total. The topological polar surface area (TPSA) is 95.8 Å². The average Bonchev–Trinajstić information content (AvgIpc) is 3.19. The van der Waals surface area contributed by atoms with Gasteiger partial charge < -0.3 is 14.4 Å².